The van der Waals surface area contributed by atoms with Gasteiger partial charge in [-0.1, -0.05) is 38.1 Å². The van der Waals surface area contributed by atoms with E-state index < -0.39 is 18.1 Å². The highest BCUT2D eigenvalue weighted by molar-refractivity contribution is 6.00. The third kappa shape index (κ3) is 2.91. The summed E-state index contributed by atoms with van der Waals surface area (Å²) in [5, 5.41) is 5.64. The molecule has 2 N–H and O–H groups in total. The van der Waals surface area contributed by atoms with Gasteiger partial charge in [0.1, 0.15) is 12.1 Å². The van der Waals surface area contributed by atoms with E-state index in [1.54, 1.807) is 11.8 Å². The molecule has 3 unspecified atom stereocenters. The van der Waals surface area contributed by atoms with Crippen LogP contribution in [0.1, 0.15) is 50.8 Å². The standard InChI is InChI=1S/C19H26N4O3/c1-5-22-16-14(17(24)23(6-2)19(22)26)15(20-18(25)21-16)13-9-7-12(8-10-13)11(3)4/h7-11,14-16H,5-6H2,1-4H3,(H2,20,21,25). The minimum absolute atomic E-state index is 0.252. The average molecular weight is 358 g/mol. The fraction of sp³-hybridized carbons (Fsp3) is 0.526. The van der Waals surface area contributed by atoms with Crippen LogP contribution in [0, 0.1) is 5.92 Å². The summed E-state index contributed by atoms with van der Waals surface area (Å²) in [6.07, 6.45) is -0.633. The molecule has 140 valence electrons. The van der Waals surface area contributed by atoms with E-state index in [1.165, 1.54) is 10.5 Å². The lowest BCUT2D eigenvalue weighted by Crippen LogP contribution is -2.72. The molecule has 0 radical (unpaired) electrons. The van der Waals surface area contributed by atoms with Gasteiger partial charge in [-0.2, -0.15) is 0 Å². The van der Waals surface area contributed by atoms with Gasteiger partial charge in [-0.15, -0.1) is 0 Å². The number of hydrogen-bond acceptors (Lipinski definition) is 3. The molecule has 0 aromatic heterocycles. The third-order valence-electron chi connectivity index (χ3n) is 5.25. The molecule has 7 heteroatoms. The van der Waals surface area contributed by atoms with Gasteiger partial charge in [0.05, 0.1) is 6.04 Å². The Morgan fingerprint density at radius 2 is 1.65 bits per heavy atom. The van der Waals surface area contributed by atoms with Gasteiger partial charge in [0.2, 0.25) is 5.91 Å². The van der Waals surface area contributed by atoms with E-state index in [0.717, 1.165) is 5.56 Å². The van der Waals surface area contributed by atoms with Gasteiger partial charge >= 0.3 is 12.1 Å². The quantitative estimate of drug-likeness (QED) is 0.867. The van der Waals surface area contributed by atoms with Crippen molar-refractivity contribution in [1.29, 1.82) is 0 Å². The summed E-state index contributed by atoms with van der Waals surface area (Å²) in [7, 11) is 0. The molecule has 0 bridgehead atoms. The van der Waals surface area contributed by atoms with Crippen molar-refractivity contribution in [3.8, 4) is 0 Å². The third-order valence-corrected chi connectivity index (χ3v) is 5.25. The first-order chi connectivity index (χ1) is 12.4. The molecule has 0 aliphatic carbocycles. The topological polar surface area (TPSA) is 81.8 Å². The van der Waals surface area contributed by atoms with Crippen LogP contribution in [0.4, 0.5) is 9.59 Å². The van der Waals surface area contributed by atoms with Crippen LogP contribution >= 0.6 is 0 Å². The zero-order valence-electron chi connectivity index (χ0n) is 15.7. The normalized spacial score (nSPS) is 25.9. The van der Waals surface area contributed by atoms with Crippen molar-refractivity contribution in [3.05, 3.63) is 35.4 Å². The van der Waals surface area contributed by atoms with Crippen molar-refractivity contribution >= 4 is 18.0 Å². The molecule has 5 amide bonds. The summed E-state index contributed by atoms with van der Waals surface area (Å²) in [5.74, 6) is -0.410. The highest BCUT2D eigenvalue weighted by Crippen LogP contribution is 2.35. The summed E-state index contributed by atoms with van der Waals surface area (Å²) >= 11 is 0. The molecule has 1 aromatic rings. The summed E-state index contributed by atoms with van der Waals surface area (Å²) in [6, 6.07) is 6.77. The van der Waals surface area contributed by atoms with E-state index in [2.05, 4.69) is 24.5 Å². The summed E-state index contributed by atoms with van der Waals surface area (Å²) < 4.78 is 0. The summed E-state index contributed by atoms with van der Waals surface area (Å²) in [6.45, 7) is 8.59. The number of nitrogens with one attached hydrogen (secondary N) is 2. The maximum atomic E-state index is 13.0. The van der Waals surface area contributed by atoms with Gasteiger partial charge in [-0.05, 0) is 30.9 Å². The van der Waals surface area contributed by atoms with Crippen LogP contribution in [0.15, 0.2) is 24.3 Å². The molecule has 26 heavy (non-hydrogen) atoms. The van der Waals surface area contributed by atoms with Crippen LogP contribution < -0.4 is 10.6 Å². The number of carbonyl (C=O) groups is 3. The molecule has 1 aromatic carbocycles. The Morgan fingerprint density at radius 3 is 2.19 bits per heavy atom. The van der Waals surface area contributed by atoms with Gasteiger partial charge in [0.25, 0.3) is 0 Å². The van der Waals surface area contributed by atoms with Crippen molar-refractivity contribution in [1.82, 2.24) is 20.4 Å². The lowest BCUT2D eigenvalue weighted by molar-refractivity contribution is -0.141. The van der Waals surface area contributed by atoms with Crippen LogP contribution in [0.3, 0.4) is 0 Å². The zero-order chi connectivity index (χ0) is 19.0. The zero-order valence-corrected chi connectivity index (χ0v) is 15.7. The number of imide groups is 1. The van der Waals surface area contributed by atoms with Crippen LogP contribution in [0.5, 0.6) is 0 Å². The number of hydrogen-bond donors (Lipinski definition) is 2. The summed E-state index contributed by atoms with van der Waals surface area (Å²) in [5.41, 5.74) is 2.06. The molecule has 2 saturated heterocycles. The fourth-order valence-electron chi connectivity index (χ4n) is 3.78. The highest BCUT2D eigenvalue weighted by atomic mass is 16.2. The SMILES string of the molecule is CCN1C(=O)C2C(c3ccc(C(C)C)cc3)NC(=O)NC2N(CC)C1=O. The molecule has 2 aliphatic heterocycles. The van der Waals surface area contributed by atoms with E-state index in [4.69, 9.17) is 0 Å². The Labute approximate surface area is 153 Å². The van der Waals surface area contributed by atoms with Crippen LogP contribution in [0.2, 0.25) is 0 Å². The average Bonchev–Trinajstić information content (AvgIpc) is 2.61. The highest BCUT2D eigenvalue weighted by Gasteiger charge is 2.52. The van der Waals surface area contributed by atoms with Crippen molar-refractivity contribution in [2.75, 3.05) is 13.1 Å². The van der Waals surface area contributed by atoms with Crippen molar-refractivity contribution in [2.45, 2.75) is 45.8 Å². The van der Waals surface area contributed by atoms with Gasteiger partial charge in [0.15, 0.2) is 0 Å². The molecule has 2 aliphatic rings. The molecule has 2 fully saturated rings. The molecule has 2 heterocycles. The van der Waals surface area contributed by atoms with Gasteiger partial charge < -0.3 is 15.5 Å². The smallest absolute Gasteiger partial charge is 0.328 e. The number of benzene rings is 1. The molecule has 3 atom stereocenters. The molecule has 0 saturated carbocycles. The molecule has 0 spiro atoms. The van der Waals surface area contributed by atoms with E-state index >= 15 is 0 Å². The van der Waals surface area contributed by atoms with E-state index in [-0.39, 0.29) is 18.0 Å². The van der Waals surface area contributed by atoms with Gasteiger partial charge in [-0.3, -0.25) is 9.69 Å². The van der Waals surface area contributed by atoms with Crippen LogP contribution in [-0.4, -0.2) is 47.0 Å². The number of rotatable bonds is 4. The second-order valence-electron chi connectivity index (χ2n) is 7.04. The fourth-order valence-corrected chi connectivity index (χ4v) is 3.78. The predicted octanol–water partition coefficient (Wildman–Crippen LogP) is 2.41. The maximum absolute atomic E-state index is 13.0. The first-order valence-electron chi connectivity index (χ1n) is 9.17. The first-order valence-corrected chi connectivity index (χ1v) is 9.17. The monoisotopic (exact) mass is 358 g/mol. The Morgan fingerprint density at radius 1 is 1.00 bits per heavy atom. The maximum Gasteiger partial charge on any atom is 0.328 e. The number of fused-ring (bicyclic) bond motifs is 1. The summed E-state index contributed by atoms with van der Waals surface area (Å²) in [4.78, 5) is 40.6. The van der Waals surface area contributed by atoms with E-state index in [9.17, 15) is 14.4 Å². The lowest BCUT2D eigenvalue weighted by atomic mass is 9.85. The first kappa shape index (κ1) is 18.2. The molecule has 3 rings (SSSR count). The lowest BCUT2D eigenvalue weighted by Gasteiger charge is -2.49. The Hall–Kier alpha value is -2.57. The number of nitrogens with zero attached hydrogens (tertiary/aromatic N) is 2. The Balaban J connectivity index is 2.00. The van der Waals surface area contributed by atoms with Crippen LogP contribution in [-0.2, 0) is 4.79 Å². The minimum Gasteiger partial charge on any atom is -0.330 e. The second kappa shape index (κ2) is 6.97. The van der Waals surface area contributed by atoms with Crippen molar-refractivity contribution in [2.24, 2.45) is 5.92 Å². The number of amides is 5. The minimum atomic E-state index is -0.633. The molecular formula is C19H26N4O3. The van der Waals surface area contributed by atoms with Crippen molar-refractivity contribution < 1.29 is 14.4 Å². The molecule has 7 nitrogen and oxygen atoms in total. The number of urea groups is 2. The molecular weight excluding hydrogens is 332 g/mol. The van der Waals surface area contributed by atoms with E-state index in [0.29, 0.717) is 19.0 Å². The number of carbonyl (C=O) groups excluding carboxylic acids is 3. The van der Waals surface area contributed by atoms with Crippen molar-refractivity contribution in [3.63, 3.8) is 0 Å². The largest absolute Gasteiger partial charge is 0.330 e. The Kier molecular flexibility index (Phi) is 4.89. The predicted molar refractivity (Wildman–Crippen MR) is 97.4 cm³/mol. The van der Waals surface area contributed by atoms with Gasteiger partial charge in [0, 0.05) is 13.1 Å². The van der Waals surface area contributed by atoms with Gasteiger partial charge in [-0.25, -0.2) is 9.59 Å². The van der Waals surface area contributed by atoms with Crippen LogP contribution in [0.25, 0.3) is 0 Å². The Bertz CT molecular complexity index is 716. The van der Waals surface area contributed by atoms with E-state index in [1.807, 2.05) is 31.2 Å². The second-order valence-corrected chi connectivity index (χ2v) is 7.04.